The van der Waals surface area contributed by atoms with Crippen molar-refractivity contribution in [1.82, 2.24) is 0 Å². The maximum Gasteiger partial charge on any atom is -0.0354 e. The van der Waals surface area contributed by atoms with Crippen LogP contribution in [0.15, 0.2) is 0 Å². The second kappa shape index (κ2) is 2.72. The zero-order valence-corrected chi connectivity index (χ0v) is 6.61. The number of hydrogen-bond acceptors (Lipinski definition) is 0. The molecule has 9 heavy (non-hydrogen) atoms. The van der Waals surface area contributed by atoms with Gasteiger partial charge in [0.1, 0.15) is 0 Å². The van der Waals surface area contributed by atoms with Crippen molar-refractivity contribution in [2.45, 2.75) is 46.0 Å². The fraction of sp³-hybridized carbons (Fsp3) is 0.889. The van der Waals surface area contributed by atoms with Crippen LogP contribution in [0.3, 0.4) is 0 Å². The first-order chi connectivity index (χ1) is 4.21. The lowest BCUT2D eigenvalue weighted by molar-refractivity contribution is 0.316. The largest absolute Gasteiger partial charge is 0.0599 e. The van der Waals surface area contributed by atoms with Crippen LogP contribution in [0.2, 0.25) is 0 Å². The molecule has 0 spiro atoms. The van der Waals surface area contributed by atoms with Crippen molar-refractivity contribution in [3.05, 3.63) is 6.42 Å². The van der Waals surface area contributed by atoms with Crippen LogP contribution in [0.25, 0.3) is 0 Å². The lowest BCUT2D eigenvalue weighted by Gasteiger charge is -2.20. The molecule has 0 saturated heterocycles. The van der Waals surface area contributed by atoms with Crippen LogP contribution in [0, 0.1) is 11.8 Å². The van der Waals surface area contributed by atoms with Crippen LogP contribution in [0.5, 0.6) is 0 Å². The predicted molar refractivity (Wildman–Crippen MR) is 41.2 cm³/mol. The van der Waals surface area contributed by atoms with Crippen LogP contribution in [0.4, 0.5) is 0 Å². The molecule has 1 aliphatic rings. The third-order valence-electron chi connectivity index (χ3n) is 2.29. The Morgan fingerprint density at radius 2 is 1.89 bits per heavy atom. The molecule has 1 aliphatic carbocycles. The maximum absolute atomic E-state index is 2.44. The van der Waals surface area contributed by atoms with Gasteiger partial charge in [-0.3, -0.25) is 0 Å². The molecule has 0 N–H and O–H groups in total. The Morgan fingerprint density at radius 1 is 1.11 bits per heavy atom. The van der Waals surface area contributed by atoms with Gasteiger partial charge in [-0.15, -0.1) is 0 Å². The van der Waals surface area contributed by atoms with E-state index in [9.17, 15) is 0 Å². The van der Waals surface area contributed by atoms with E-state index in [1.807, 2.05) is 0 Å². The Morgan fingerprint density at radius 3 is 2.67 bits per heavy atom. The smallest absolute Gasteiger partial charge is 0.0354 e. The summed E-state index contributed by atoms with van der Waals surface area (Å²) in [5, 5.41) is 0. The van der Waals surface area contributed by atoms with E-state index < -0.39 is 0 Å². The van der Waals surface area contributed by atoms with Crippen LogP contribution in [-0.2, 0) is 0 Å². The van der Waals surface area contributed by atoms with Gasteiger partial charge in [0, 0.05) is 0 Å². The maximum atomic E-state index is 2.44. The molecule has 0 aromatic rings. The molecule has 0 aromatic heterocycles. The van der Waals surface area contributed by atoms with Crippen molar-refractivity contribution < 1.29 is 0 Å². The van der Waals surface area contributed by atoms with E-state index in [0.29, 0.717) is 5.41 Å². The summed E-state index contributed by atoms with van der Waals surface area (Å²) in [6.07, 6.45) is 9.36. The van der Waals surface area contributed by atoms with E-state index in [1.54, 1.807) is 0 Å². The zero-order valence-electron chi connectivity index (χ0n) is 6.61. The summed E-state index contributed by atoms with van der Waals surface area (Å²) in [6, 6.07) is 0. The summed E-state index contributed by atoms with van der Waals surface area (Å²) >= 11 is 0. The van der Waals surface area contributed by atoms with Crippen molar-refractivity contribution in [3.8, 4) is 0 Å². The van der Waals surface area contributed by atoms with E-state index in [0.717, 1.165) is 0 Å². The average Bonchev–Trinajstić information content (AvgIpc) is 1.92. The lowest BCUT2D eigenvalue weighted by atomic mass is 9.85. The van der Waals surface area contributed by atoms with E-state index >= 15 is 0 Å². The summed E-state index contributed by atoms with van der Waals surface area (Å²) in [5.41, 5.74) is 0.632. The molecule has 1 radical (unpaired) electrons. The van der Waals surface area contributed by atoms with E-state index in [2.05, 4.69) is 20.3 Å². The minimum absolute atomic E-state index is 0.632. The van der Waals surface area contributed by atoms with Gasteiger partial charge < -0.3 is 0 Å². The van der Waals surface area contributed by atoms with Gasteiger partial charge in [0.25, 0.3) is 0 Å². The van der Waals surface area contributed by atoms with E-state index in [-0.39, 0.29) is 0 Å². The Bertz CT molecular complexity index is 72.0. The SMILES string of the molecule is CC1(C)CC[CH]CCC1. The summed E-state index contributed by atoms with van der Waals surface area (Å²) in [7, 11) is 0. The Labute approximate surface area is 58.7 Å². The first kappa shape index (κ1) is 7.11. The molecule has 0 aliphatic heterocycles. The molecule has 0 unspecified atom stereocenters. The van der Waals surface area contributed by atoms with Gasteiger partial charge in [0.05, 0.1) is 0 Å². The van der Waals surface area contributed by atoms with E-state index in [1.165, 1.54) is 32.1 Å². The second-order valence-corrected chi connectivity index (χ2v) is 3.88. The van der Waals surface area contributed by atoms with Gasteiger partial charge in [-0.05, 0) is 31.1 Å². The molecule has 0 bridgehead atoms. The van der Waals surface area contributed by atoms with E-state index in [4.69, 9.17) is 0 Å². The minimum atomic E-state index is 0.632. The summed E-state index contributed by atoms with van der Waals surface area (Å²) in [5.74, 6) is 0. The van der Waals surface area contributed by atoms with Gasteiger partial charge >= 0.3 is 0 Å². The third-order valence-corrected chi connectivity index (χ3v) is 2.29. The molecule has 0 aromatic carbocycles. The van der Waals surface area contributed by atoms with Crippen LogP contribution < -0.4 is 0 Å². The second-order valence-electron chi connectivity index (χ2n) is 3.88. The highest BCUT2D eigenvalue weighted by Crippen LogP contribution is 2.32. The first-order valence-electron chi connectivity index (χ1n) is 4.02. The molecule has 0 amide bonds. The first-order valence-corrected chi connectivity index (χ1v) is 4.02. The van der Waals surface area contributed by atoms with Crippen molar-refractivity contribution in [1.29, 1.82) is 0 Å². The molecule has 53 valence electrons. The van der Waals surface area contributed by atoms with Crippen LogP contribution >= 0.6 is 0 Å². The Hall–Kier alpha value is 0. The average molecular weight is 125 g/mol. The van der Waals surface area contributed by atoms with Gasteiger partial charge in [-0.25, -0.2) is 0 Å². The van der Waals surface area contributed by atoms with Gasteiger partial charge in [0.15, 0.2) is 0 Å². The molecular weight excluding hydrogens is 108 g/mol. The number of hydrogen-bond donors (Lipinski definition) is 0. The predicted octanol–water partition coefficient (Wildman–Crippen LogP) is 3.18. The van der Waals surface area contributed by atoms with Gasteiger partial charge in [-0.1, -0.05) is 26.7 Å². The molecule has 0 heteroatoms. The minimum Gasteiger partial charge on any atom is -0.0599 e. The zero-order chi connectivity index (χ0) is 6.74. The van der Waals surface area contributed by atoms with Gasteiger partial charge in [-0.2, -0.15) is 0 Å². The molecule has 0 atom stereocenters. The topological polar surface area (TPSA) is 0 Å². The van der Waals surface area contributed by atoms with Gasteiger partial charge in [0.2, 0.25) is 0 Å². The fourth-order valence-electron chi connectivity index (χ4n) is 1.49. The van der Waals surface area contributed by atoms with Crippen molar-refractivity contribution in [2.75, 3.05) is 0 Å². The van der Waals surface area contributed by atoms with Crippen molar-refractivity contribution in [2.24, 2.45) is 5.41 Å². The van der Waals surface area contributed by atoms with Crippen LogP contribution in [0.1, 0.15) is 46.0 Å². The Kier molecular flexibility index (Phi) is 2.15. The van der Waals surface area contributed by atoms with Crippen LogP contribution in [-0.4, -0.2) is 0 Å². The highest BCUT2D eigenvalue weighted by atomic mass is 14.2. The lowest BCUT2D eigenvalue weighted by Crippen LogP contribution is -2.08. The monoisotopic (exact) mass is 125 g/mol. The molecule has 0 nitrogen and oxygen atoms in total. The molecule has 1 saturated carbocycles. The fourth-order valence-corrected chi connectivity index (χ4v) is 1.49. The summed E-state index contributed by atoms with van der Waals surface area (Å²) < 4.78 is 0. The number of rotatable bonds is 0. The normalized spacial score (nSPS) is 27.3. The van der Waals surface area contributed by atoms with Crippen molar-refractivity contribution in [3.63, 3.8) is 0 Å². The van der Waals surface area contributed by atoms with Crippen molar-refractivity contribution >= 4 is 0 Å². The highest BCUT2D eigenvalue weighted by Gasteiger charge is 2.18. The quantitative estimate of drug-likeness (QED) is 0.436. The molecule has 1 rings (SSSR count). The molecule has 1 fully saturated rings. The Balaban J connectivity index is 2.36. The standard InChI is InChI=1S/C9H17/c1-9(2)7-5-3-4-6-8-9/h3H,4-8H2,1-2H3. The molecule has 0 heterocycles. The highest BCUT2D eigenvalue weighted by molar-refractivity contribution is 4.78. The summed E-state index contributed by atoms with van der Waals surface area (Å²) in [4.78, 5) is 0. The molecular formula is C9H17. The summed E-state index contributed by atoms with van der Waals surface area (Å²) in [6.45, 7) is 4.76. The third kappa shape index (κ3) is 2.38.